The molecule has 2 aliphatic rings. The predicted molar refractivity (Wildman–Crippen MR) is 68.7 cm³/mol. The Hall–Kier alpha value is -1.00. The van der Waals surface area contributed by atoms with Gasteiger partial charge in [0.25, 0.3) is 0 Å². The minimum absolute atomic E-state index is 0.339. The summed E-state index contributed by atoms with van der Waals surface area (Å²) < 4.78 is 26.4. The number of halogens is 2. The molecule has 104 valence electrons. The smallest absolute Gasteiger partial charge is 0.159 e. The Balaban J connectivity index is 1.92. The molecule has 2 atom stereocenters. The van der Waals surface area contributed by atoms with E-state index >= 15 is 0 Å². The minimum Gasteiger partial charge on any atom is -0.385 e. The first-order valence-corrected chi connectivity index (χ1v) is 6.89. The number of piperidine rings is 2. The van der Waals surface area contributed by atoms with Crippen LogP contribution in [0.3, 0.4) is 0 Å². The van der Waals surface area contributed by atoms with Gasteiger partial charge in [-0.1, -0.05) is 12.5 Å². The van der Waals surface area contributed by atoms with E-state index in [1.54, 1.807) is 0 Å². The quantitative estimate of drug-likeness (QED) is 0.845. The first kappa shape index (κ1) is 13.0. The molecular weight excluding hydrogens is 248 g/mol. The van der Waals surface area contributed by atoms with Crippen molar-refractivity contribution in [2.75, 3.05) is 7.05 Å². The van der Waals surface area contributed by atoms with Crippen LogP contribution >= 0.6 is 0 Å². The van der Waals surface area contributed by atoms with Crippen molar-refractivity contribution in [3.63, 3.8) is 0 Å². The van der Waals surface area contributed by atoms with Crippen molar-refractivity contribution in [2.45, 2.75) is 49.8 Å². The van der Waals surface area contributed by atoms with Crippen LogP contribution in [0.4, 0.5) is 8.78 Å². The van der Waals surface area contributed by atoms with Crippen LogP contribution in [0.2, 0.25) is 0 Å². The van der Waals surface area contributed by atoms with Crippen molar-refractivity contribution in [1.29, 1.82) is 0 Å². The lowest BCUT2D eigenvalue weighted by Gasteiger charge is -2.50. The number of benzene rings is 1. The maximum atomic E-state index is 13.4. The van der Waals surface area contributed by atoms with E-state index in [4.69, 9.17) is 0 Å². The van der Waals surface area contributed by atoms with Crippen LogP contribution < -0.4 is 0 Å². The average Bonchev–Trinajstić information content (AvgIpc) is 2.35. The van der Waals surface area contributed by atoms with Crippen LogP contribution in [0.15, 0.2) is 18.2 Å². The third-order valence-electron chi connectivity index (χ3n) is 4.83. The summed E-state index contributed by atoms with van der Waals surface area (Å²) in [6.07, 6.45) is 4.53. The molecule has 0 aromatic heterocycles. The number of hydrogen-bond donors (Lipinski definition) is 1. The fraction of sp³-hybridized carbons (Fsp3) is 0.600. The van der Waals surface area contributed by atoms with Gasteiger partial charge in [0.15, 0.2) is 11.6 Å². The zero-order valence-electron chi connectivity index (χ0n) is 11.1. The maximum Gasteiger partial charge on any atom is 0.159 e. The molecule has 1 aromatic carbocycles. The lowest BCUT2D eigenvalue weighted by atomic mass is 9.73. The van der Waals surface area contributed by atoms with Gasteiger partial charge in [-0.2, -0.15) is 0 Å². The molecular formula is C15H19F2NO. The highest BCUT2D eigenvalue weighted by molar-refractivity contribution is 5.26. The van der Waals surface area contributed by atoms with Crippen molar-refractivity contribution in [3.05, 3.63) is 35.4 Å². The summed E-state index contributed by atoms with van der Waals surface area (Å²) in [6, 6.07) is 4.45. The number of rotatable bonds is 1. The summed E-state index contributed by atoms with van der Waals surface area (Å²) in [7, 11) is 2.10. The molecule has 0 aliphatic carbocycles. The van der Waals surface area contributed by atoms with Crippen LogP contribution in [-0.2, 0) is 5.60 Å². The summed E-state index contributed by atoms with van der Waals surface area (Å²) in [4.78, 5) is 2.33. The van der Waals surface area contributed by atoms with Crippen molar-refractivity contribution < 1.29 is 13.9 Å². The highest BCUT2D eigenvalue weighted by Gasteiger charge is 2.45. The molecule has 2 heterocycles. The third kappa shape index (κ3) is 2.17. The number of nitrogens with zero attached hydrogens (tertiary/aromatic N) is 1. The molecule has 0 saturated carbocycles. The molecule has 0 radical (unpaired) electrons. The van der Waals surface area contributed by atoms with Crippen molar-refractivity contribution >= 4 is 0 Å². The van der Waals surface area contributed by atoms with Crippen LogP contribution in [0.25, 0.3) is 0 Å². The lowest BCUT2D eigenvalue weighted by molar-refractivity contribution is -0.0876. The van der Waals surface area contributed by atoms with E-state index in [-0.39, 0.29) is 0 Å². The van der Waals surface area contributed by atoms with Crippen LogP contribution in [-0.4, -0.2) is 29.1 Å². The van der Waals surface area contributed by atoms with Gasteiger partial charge in [-0.3, -0.25) is 0 Å². The summed E-state index contributed by atoms with van der Waals surface area (Å²) in [5.74, 6) is -1.74. The molecule has 2 aliphatic heterocycles. The van der Waals surface area contributed by atoms with Crippen LogP contribution in [0, 0.1) is 11.6 Å². The maximum absolute atomic E-state index is 13.4. The number of hydrogen-bond acceptors (Lipinski definition) is 2. The molecule has 0 amide bonds. The van der Waals surface area contributed by atoms with E-state index in [2.05, 4.69) is 11.9 Å². The molecule has 3 rings (SSSR count). The molecule has 4 heteroatoms. The highest BCUT2D eigenvalue weighted by Crippen LogP contribution is 2.43. The summed E-state index contributed by atoms with van der Waals surface area (Å²) >= 11 is 0. The molecule has 2 fully saturated rings. The van der Waals surface area contributed by atoms with Crippen molar-refractivity contribution in [2.24, 2.45) is 0 Å². The first-order valence-electron chi connectivity index (χ1n) is 6.89. The first-order chi connectivity index (χ1) is 8.99. The van der Waals surface area contributed by atoms with Gasteiger partial charge in [0.2, 0.25) is 0 Å². The normalized spacial score (nSPS) is 35.4. The Bertz CT molecular complexity index is 477. The Kier molecular flexibility index (Phi) is 3.10. The predicted octanol–water partition coefficient (Wildman–Crippen LogP) is 2.80. The number of aliphatic hydroxyl groups is 1. The second-order valence-electron chi connectivity index (χ2n) is 5.97. The van der Waals surface area contributed by atoms with Gasteiger partial charge >= 0.3 is 0 Å². The minimum atomic E-state index is -1.02. The Labute approximate surface area is 112 Å². The Morgan fingerprint density at radius 1 is 1.16 bits per heavy atom. The fourth-order valence-corrected chi connectivity index (χ4v) is 3.67. The van der Waals surface area contributed by atoms with Gasteiger partial charge in [-0.15, -0.1) is 0 Å². The molecule has 2 nitrogen and oxygen atoms in total. The topological polar surface area (TPSA) is 23.5 Å². The molecule has 1 N–H and O–H groups in total. The van der Waals surface area contributed by atoms with Crippen LogP contribution in [0.1, 0.15) is 37.7 Å². The van der Waals surface area contributed by atoms with Gasteiger partial charge < -0.3 is 10.0 Å². The summed E-state index contributed by atoms with van der Waals surface area (Å²) in [5, 5.41) is 10.9. The monoisotopic (exact) mass is 267 g/mol. The molecule has 2 bridgehead atoms. The molecule has 2 saturated heterocycles. The average molecular weight is 267 g/mol. The van der Waals surface area contributed by atoms with Crippen molar-refractivity contribution in [1.82, 2.24) is 4.90 Å². The van der Waals surface area contributed by atoms with Gasteiger partial charge in [-0.05, 0) is 50.4 Å². The van der Waals surface area contributed by atoms with Gasteiger partial charge in [0, 0.05) is 12.1 Å². The third-order valence-corrected chi connectivity index (χ3v) is 4.83. The molecule has 0 spiro atoms. The van der Waals surface area contributed by atoms with Gasteiger partial charge in [0.1, 0.15) is 0 Å². The van der Waals surface area contributed by atoms with E-state index in [0.29, 0.717) is 30.5 Å². The lowest BCUT2D eigenvalue weighted by Crippen LogP contribution is -2.55. The van der Waals surface area contributed by atoms with E-state index < -0.39 is 17.2 Å². The van der Waals surface area contributed by atoms with E-state index in [1.807, 2.05) is 0 Å². The summed E-state index contributed by atoms with van der Waals surface area (Å²) in [5.41, 5.74) is -0.507. The largest absolute Gasteiger partial charge is 0.385 e. The molecule has 1 aromatic rings. The number of fused-ring (bicyclic) bond motifs is 2. The van der Waals surface area contributed by atoms with Crippen molar-refractivity contribution in [3.8, 4) is 0 Å². The van der Waals surface area contributed by atoms with E-state index in [1.165, 1.54) is 12.5 Å². The Morgan fingerprint density at radius 3 is 2.37 bits per heavy atom. The van der Waals surface area contributed by atoms with E-state index in [0.717, 1.165) is 25.0 Å². The SMILES string of the molecule is CN1C2CCCC1CC(O)(c1ccc(F)c(F)c1)C2. The Morgan fingerprint density at radius 2 is 1.79 bits per heavy atom. The second-order valence-corrected chi connectivity index (χ2v) is 5.97. The second kappa shape index (κ2) is 4.53. The zero-order valence-corrected chi connectivity index (χ0v) is 11.1. The standard InChI is InChI=1S/C15H19F2NO/c1-18-11-3-2-4-12(18)9-15(19,8-11)10-5-6-13(16)14(17)7-10/h5-7,11-12,19H,2-4,8-9H2,1H3. The molecule has 2 unspecified atom stereocenters. The van der Waals surface area contributed by atoms with Crippen LogP contribution in [0.5, 0.6) is 0 Å². The van der Waals surface area contributed by atoms with E-state index in [9.17, 15) is 13.9 Å². The highest BCUT2D eigenvalue weighted by atomic mass is 19.2. The van der Waals surface area contributed by atoms with Gasteiger partial charge in [0.05, 0.1) is 5.60 Å². The fourth-order valence-electron chi connectivity index (χ4n) is 3.67. The summed E-state index contributed by atoms with van der Waals surface area (Å²) in [6.45, 7) is 0. The van der Waals surface area contributed by atoms with Gasteiger partial charge in [-0.25, -0.2) is 8.78 Å². The molecule has 19 heavy (non-hydrogen) atoms. The zero-order chi connectivity index (χ0) is 13.6.